The predicted octanol–water partition coefficient (Wildman–Crippen LogP) is 4.40. The second-order valence-corrected chi connectivity index (χ2v) is 8.22. The van der Waals surface area contributed by atoms with Gasteiger partial charge in [0.2, 0.25) is 0 Å². The fourth-order valence-electron chi connectivity index (χ4n) is 4.39. The summed E-state index contributed by atoms with van der Waals surface area (Å²) in [6.45, 7) is 3.94. The number of nitrogens with zero attached hydrogens (tertiary/aromatic N) is 4. The van der Waals surface area contributed by atoms with Crippen molar-refractivity contribution in [2.45, 2.75) is 26.4 Å². The number of carbonyl (C=O) groups excluding carboxylic acids is 1. The van der Waals surface area contributed by atoms with E-state index in [9.17, 15) is 4.79 Å². The molecule has 0 spiro atoms. The smallest absolute Gasteiger partial charge is 0.256 e. The lowest BCUT2D eigenvalue weighted by molar-refractivity contribution is 0.102. The number of benzene rings is 2. The standard InChI is InChI=1S/C25H25N5O/c1-4-23-22(13-27-30(23)3)16-5-7-18-12-26-24(11-20(18)9-16)28-25(31)17-6-8-19-14-29(2)15-21(19)10-17/h5-13H,4,14-15H2,1-3H3,(H,26,28,31). The maximum absolute atomic E-state index is 12.8. The van der Waals surface area contributed by atoms with Crippen molar-refractivity contribution in [3.8, 4) is 11.1 Å². The topological polar surface area (TPSA) is 63.1 Å². The van der Waals surface area contributed by atoms with Gasteiger partial charge in [0.1, 0.15) is 5.82 Å². The number of carbonyl (C=O) groups is 1. The summed E-state index contributed by atoms with van der Waals surface area (Å²) < 4.78 is 1.92. The number of aryl methyl sites for hydroxylation is 1. The third-order valence-electron chi connectivity index (χ3n) is 6.02. The molecule has 0 bridgehead atoms. The maximum atomic E-state index is 12.8. The molecule has 0 atom stereocenters. The van der Waals surface area contributed by atoms with Crippen LogP contribution in [-0.4, -0.2) is 32.6 Å². The van der Waals surface area contributed by atoms with E-state index >= 15 is 0 Å². The number of fused-ring (bicyclic) bond motifs is 2. The summed E-state index contributed by atoms with van der Waals surface area (Å²) in [4.78, 5) is 19.5. The van der Waals surface area contributed by atoms with Crippen LogP contribution in [-0.2, 0) is 26.6 Å². The average Bonchev–Trinajstić information content (AvgIpc) is 3.33. The van der Waals surface area contributed by atoms with Gasteiger partial charge in [-0.05, 0) is 59.8 Å². The fraction of sp³-hybridized carbons (Fsp3) is 0.240. The monoisotopic (exact) mass is 411 g/mol. The first-order chi connectivity index (χ1) is 15.0. The summed E-state index contributed by atoms with van der Waals surface area (Å²) in [6, 6.07) is 14.1. The molecule has 0 radical (unpaired) electrons. The van der Waals surface area contributed by atoms with E-state index in [-0.39, 0.29) is 5.91 Å². The quantitative estimate of drug-likeness (QED) is 0.541. The predicted molar refractivity (Wildman–Crippen MR) is 123 cm³/mol. The molecule has 5 rings (SSSR count). The minimum atomic E-state index is -0.138. The van der Waals surface area contributed by atoms with Crippen LogP contribution in [0.3, 0.4) is 0 Å². The van der Waals surface area contributed by atoms with Gasteiger partial charge in [0.05, 0.1) is 6.20 Å². The van der Waals surface area contributed by atoms with E-state index in [2.05, 4.69) is 52.5 Å². The Morgan fingerprint density at radius 3 is 2.68 bits per heavy atom. The molecular formula is C25H25N5O. The molecule has 6 heteroatoms. The molecule has 1 N–H and O–H groups in total. The van der Waals surface area contributed by atoms with E-state index < -0.39 is 0 Å². The van der Waals surface area contributed by atoms with Gasteiger partial charge in [-0.2, -0.15) is 5.10 Å². The average molecular weight is 412 g/mol. The van der Waals surface area contributed by atoms with Gasteiger partial charge in [0, 0.05) is 48.5 Å². The molecule has 0 saturated heterocycles. The largest absolute Gasteiger partial charge is 0.307 e. The number of nitrogens with one attached hydrogen (secondary N) is 1. The molecule has 1 amide bonds. The summed E-state index contributed by atoms with van der Waals surface area (Å²) in [5.74, 6) is 0.412. The lowest BCUT2D eigenvalue weighted by Gasteiger charge is -2.09. The van der Waals surface area contributed by atoms with E-state index in [1.54, 1.807) is 6.20 Å². The van der Waals surface area contributed by atoms with Crippen molar-refractivity contribution >= 4 is 22.5 Å². The Bertz CT molecular complexity index is 1310. The van der Waals surface area contributed by atoms with Crippen LogP contribution >= 0.6 is 0 Å². The van der Waals surface area contributed by atoms with Gasteiger partial charge in [0.25, 0.3) is 5.91 Å². The molecule has 6 nitrogen and oxygen atoms in total. The Morgan fingerprint density at radius 2 is 1.84 bits per heavy atom. The van der Waals surface area contributed by atoms with Crippen LogP contribution < -0.4 is 5.32 Å². The molecule has 2 aromatic heterocycles. The highest BCUT2D eigenvalue weighted by Gasteiger charge is 2.18. The number of pyridine rings is 1. The summed E-state index contributed by atoms with van der Waals surface area (Å²) in [5.41, 5.74) is 6.62. The number of rotatable bonds is 4. The number of aromatic nitrogens is 3. The summed E-state index contributed by atoms with van der Waals surface area (Å²) >= 11 is 0. The van der Waals surface area contributed by atoms with Crippen LogP contribution in [0.2, 0.25) is 0 Å². The second kappa shape index (κ2) is 7.63. The van der Waals surface area contributed by atoms with Gasteiger partial charge >= 0.3 is 0 Å². The normalized spacial score (nSPS) is 13.5. The molecule has 3 heterocycles. The Hall–Kier alpha value is -3.51. The van der Waals surface area contributed by atoms with Gasteiger partial charge in [-0.25, -0.2) is 4.98 Å². The van der Waals surface area contributed by atoms with Gasteiger partial charge in [-0.3, -0.25) is 14.4 Å². The Labute approximate surface area is 181 Å². The number of anilines is 1. The van der Waals surface area contributed by atoms with E-state index in [0.29, 0.717) is 11.4 Å². The Balaban J connectivity index is 1.43. The van der Waals surface area contributed by atoms with Crippen molar-refractivity contribution in [2.75, 3.05) is 12.4 Å². The minimum absolute atomic E-state index is 0.138. The Morgan fingerprint density at radius 1 is 1.00 bits per heavy atom. The lowest BCUT2D eigenvalue weighted by Crippen LogP contribution is -2.13. The zero-order valence-electron chi connectivity index (χ0n) is 18.0. The van der Waals surface area contributed by atoms with Crippen LogP contribution in [0.5, 0.6) is 0 Å². The van der Waals surface area contributed by atoms with Crippen LogP contribution in [0, 0.1) is 0 Å². The van der Waals surface area contributed by atoms with Gasteiger partial charge < -0.3 is 5.32 Å². The molecule has 156 valence electrons. The molecule has 4 aromatic rings. The van der Waals surface area contributed by atoms with Gasteiger partial charge in [-0.15, -0.1) is 0 Å². The zero-order valence-corrected chi connectivity index (χ0v) is 18.0. The van der Waals surface area contributed by atoms with Crippen molar-refractivity contribution in [3.63, 3.8) is 0 Å². The van der Waals surface area contributed by atoms with Crippen LogP contribution in [0.1, 0.15) is 34.1 Å². The summed E-state index contributed by atoms with van der Waals surface area (Å²) in [5, 5.41) is 9.43. The summed E-state index contributed by atoms with van der Waals surface area (Å²) in [7, 11) is 4.06. The third-order valence-corrected chi connectivity index (χ3v) is 6.02. The second-order valence-electron chi connectivity index (χ2n) is 8.22. The van der Waals surface area contributed by atoms with Crippen LogP contribution in [0.4, 0.5) is 5.82 Å². The molecule has 31 heavy (non-hydrogen) atoms. The van der Waals surface area contributed by atoms with E-state index in [1.165, 1.54) is 16.8 Å². The molecule has 0 unspecified atom stereocenters. The van der Waals surface area contributed by atoms with Gasteiger partial charge in [0.15, 0.2) is 0 Å². The first-order valence-electron chi connectivity index (χ1n) is 10.5. The molecular weight excluding hydrogens is 386 g/mol. The first kappa shape index (κ1) is 19.5. The highest BCUT2D eigenvalue weighted by Crippen LogP contribution is 2.28. The Kier molecular flexibility index (Phi) is 4.79. The van der Waals surface area contributed by atoms with Crippen molar-refractivity contribution in [2.24, 2.45) is 7.05 Å². The van der Waals surface area contributed by atoms with Gasteiger partial charge in [-0.1, -0.05) is 25.1 Å². The number of hydrogen-bond donors (Lipinski definition) is 1. The van der Waals surface area contributed by atoms with E-state index in [1.807, 2.05) is 42.2 Å². The number of amides is 1. The third kappa shape index (κ3) is 3.59. The molecule has 0 fully saturated rings. The fourth-order valence-corrected chi connectivity index (χ4v) is 4.39. The van der Waals surface area contributed by atoms with Crippen molar-refractivity contribution in [1.29, 1.82) is 0 Å². The maximum Gasteiger partial charge on any atom is 0.256 e. The minimum Gasteiger partial charge on any atom is -0.307 e. The van der Waals surface area contributed by atoms with E-state index in [0.717, 1.165) is 41.4 Å². The molecule has 0 aliphatic carbocycles. The molecule has 1 aliphatic rings. The SMILES string of the molecule is CCc1c(-c2ccc3cnc(NC(=O)c4ccc5c(c4)CN(C)C5)cc3c2)cnn1C. The number of hydrogen-bond acceptors (Lipinski definition) is 4. The van der Waals surface area contributed by atoms with E-state index in [4.69, 9.17) is 0 Å². The highest BCUT2D eigenvalue weighted by atomic mass is 16.1. The van der Waals surface area contributed by atoms with Crippen molar-refractivity contribution < 1.29 is 4.79 Å². The summed E-state index contributed by atoms with van der Waals surface area (Å²) in [6.07, 6.45) is 4.63. The lowest BCUT2D eigenvalue weighted by atomic mass is 10.0. The zero-order chi connectivity index (χ0) is 21.5. The van der Waals surface area contributed by atoms with Crippen molar-refractivity contribution in [1.82, 2.24) is 19.7 Å². The molecule has 1 aliphatic heterocycles. The highest BCUT2D eigenvalue weighted by molar-refractivity contribution is 6.04. The van der Waals surface area contributed by atoms with Crippen molar-refractivity contribution in [3.05, 3.63) is 77.2 Å². The molecule has 0 saturated carbocycles. The first-order valence-corrected chi connectivity index (χ1v) is 10.5. The molecule has 2 aromatic carbocycles. The van der Waals surface area contributed by atoms with Crippen LogP contribution in [0.15, 0.2) is 54.9 Å². The van der Waals surface area contributed by atoms with Crippen LogP contribution in [0.25, 0.3) is 21.9 Å².